The highest BCUT2D eigenvalue weighted by Gasteiger charge is 2.10. The molecule has 0 amide bonds. The van der Waals surface area contributed by atoms with Crippen molar-refractivity contribution in [3.05, 3.63) is 67.0 Å². The van der Waals surface area contributed by atoms with Crippen LogP contribution in [-0.2, 0) is 6.42 Å². The molecule has 134 valence electrons. The molecule has 0 aromatic heterocycles. The lowest BCUT2D eigenvalue weighted by Gasteiger charge is -2.12. The fraction of sp³-hybridized carbons (Fsp3) is 0.222. The van der Waals surface area contributed by atoms with E-state index in [4.69, 9.17) is 55.9 Å². The largest absolute Gasteiger partial charge is 0.490 e. The second kappa shape index (κ2) is 10.5. The van der Waals surface area contributed by atoms with Crippen LogP contribution >= 0.6 is 62.3 Å². The summed E-state index contributed by atoms with van der Waals surface area (Å²) < 4.78 is 12.4. The van der Waals surface area contributed by atoms with Gasteiger partial charge in [-0.25, -0.2) is 0 Å². The van der Waals surface area contributed by atoms with Crippen LogP contribution in [-0.4, -0.2) is 13.2 Å². The van der Waals surface area contributed by atoms with Gasteiger partial charge in [-0.2, -0.15) is 0 Å². The molecule has 0 unspecified atom stereocenters. The summed E-state index contributed by atoms with van der Waals surface area (Å²) in [5.41, 5.74) is 1.24. The molecular formula is C18H15BrCl4O2. The van der Waals surface area contributed by atoms with Gasteiger partial charge in [-0.3, -0.25) is 0 Å². The molecule has 0 bridgehead atoms. The molecule has 0 N–H and O–H groups in total. The molecule has 0 heterocycles. The zero-order valence-corrected chi connectivity index (χ0v) is 17.7. The van der Waals surface area contributed by atoms with Crippen LogP contribution in [0.2, 0.25) is 10.0 Å². The predicted molar refractivity (Wildman–Crippen MR) is 110 cm³/mol. The standard InChI is InChI=1S/C18H15BrCl4O2/c19-13-5-1-3-12(9-13)4-2-7-25-18-15(20)10-14(11-16(18)21)24-8-6-17(22)23/h1,3,5-6,9-11H,2,4,7-8H2. The third-order valence-corrected chi connectivity index (χ3v) is 4.57. The second-order valence-electron chi connectivity index (χ2n) is 5.10. The highest BCUT2D eigenvalue weighted by Crippen LogP contribution is 2.37. The van der Waals surface area contributed by atoms with Gasteiger partial charge in [0.2, 0.25) is 0 Å². The van der Waals surface area contributed by atoms with Crippen molar-refractivity contribution in [2.45, 2.75) is 12.8 Å². The summed E-state index contributed by atoms with van der Waals surface area (Å²) in [5, 5.41) is 0.789. The fourth-order valence-electron chi connectivity index (χ4n) is 2.10. The maximum atomic E-state index is 6.23. The summed E-state index contributed by atoms with van der Waals surface area (Å²) in [7, 11) is 0. The number of halogens is 5. The van der Waals surface area contributed by atoms with E-state index in [0.717, 1.165) is 17.3 Å². The summed E-state index contributed by atoms with van der Waals surface area (Å²) in [6, 6.07) is 11.5. The van der Waals surface area contributed by atoms with Gasteiger partial charge < -0.3 is 9.47 Å². The van der Waals surface area contributed by atoms with Gasteiger partial charge in [0, 0.05) is 16.6 Å². The maximum absolute atomic E-state index is 6.23. The molecule has 0 spiro atoms. The maximum Gasteiger partial charge on any atom is 0.156 e. The van der Waals surface area contributed by atoms with Crippen molar-refractivity contribution in [1.82, 2.24) is 0 Å². The highest BCUT2D eigenvalue weighted by molar-refractivity contribution is 9.10. The normalized spacial score (nSPS) is 10.4. The predicted octanol–water partition coefficient (Wildman–Crippen LogP) is 7.47. The average Bonchev–Trinajstić information content (AvgIpc) is 2.53. The van der Waals surface area contributed by atoms with Crippen LogP contribution < -0.4 is 9.47 Å². The summed E-state index contributed by atoms with van der Waals surface area (Å²) in [6.07, 6.45) is 3.28. The van der Waals surface area contributed by atoms with Crippen LogP contribution in [0, 0.1) is 0 Å². The molecule has 0 aliphatic carbocycles. The van der Waals surface area contributed by atoms with Crippen molar-refractivity contribution in [1.29, 1.82) is 0 Å². The van der Waals surface area contributed by atoms with Gasteiger partial charge in [0.25, 0.3) is 0 Å². The van der Waals surface area contributed by atoms with E-state index in [1.54, 1.807) is 12.1 Å². The number of hydrogen-bond acceptors (Lipinski definition) is 2. The van der Waals surface area contributed by atoms with E-state index >= 15 is 0 Å². The summed E-state index contributed by atoms with van der Waals surface area (Å²) in [6.45, 7) is 0.735. The molecule has 0 fully saturated rings. The Morgan fingerprint density at radius 1 is 1.04 bits per heavy atom. The molecule has 0 atom stereocenters. The third-order valence-electron chi connectivity index (χ3n) is 3.20. The van der Waals surface area contributed by atoms with Crippen LogP contribution in [0.4, 0.5) is 0 Å². The monoisotopic (exact) mass is 482 g/mol. The number of benzene rings is 2. The molecule has 2 aromatic rings. The number of rotatable bonds is 8. The van der Waals surface area contributed by atoms with Gasteiger partial charge in [0.1, 0.15) is 16.8 Å². The summed E-state index contributed by atoms with van der Waals surface area (Å²) in [4.78, 5) is 0. The van der Waals surface area contributed by atoms with E-state index < -0.39 is 0 Å². The van der Waals surface area contributed by atoms with E-state index in [2.05, 4.69) is 28.1 Å². The van der Waals surface area contributed by atoms with Crippen molar-refractivity contribution >= 4 is 62.3 Å². The third kappa shape index (κ3) is 7.28. The first-order chi connectivity index (χ1) is 12.0. The Balaban J connectivity index is 1.88. The lowest BCUT2D eigenvalue weighted by Crippen LogP contribution is -2.01. The van der Waals surface area contributed by atoms with Crippen LogP contribution in [0.15, 0.2) is 51.4 Å². The van der Waals surface area contributed by atoms with Crippen molar-refractivity contribution < 1.29 is 9.47 Å². The minimum absolute atomic E-state index is 0.141. The summed E-state index contributed by atoms with van der Waals surface area (Å²) in [5.74, 6) is 0.971. The van der Waals surface area contributed by atoms with Gasteiger partial charge in [0.15, 0.2) is 5.75 Å². The van der Waals surface area contributed by atoms with Crippen LogP contribution in [0.3, 0.4) is 0 Å². The molecule has 0 saturated carbocycles. The quantitative estimate of drug-likeness (QED) is 0.362. The number of ether oxygens (including phenoxy) is 2. The molecule has 0 radical (unpaired) electrons. The van der Waals surface area contributed by atoms with Crippen LogP contribution in [0.25, 0.3) is 0 Å². The smallest absolute Gasteiger partial charge is 0.156 e. The first kappa shape index (κ1) is 20.7. The van der Waals surface area contributed by atoms with Gasteiger partial charge in [-0.05, 0) is 36.6 Å². The zero-order chi connectivity index (χ0) is 18.2. The molecule has 0 aliphatic rings. The molecule has 0 saturated heterocycles. The molecular weight excluding hydrogens is 470 g/mol. The highest BCUT2D eigenvalue weighted by atomic mass is 79.9. The first-order valence-electron chi connectivity index (χ1n) is 7.46. The SMILES string of the molecule is ClC(Cl)=CCOc1cc(Cl)c(OCCCc2cccc(Br)c2)c(Cl)c1. The molecule has 0 aliphatic heterocycles. The second-order valence-corrected chi connectivity index (χ2v) is 7.84. The van der Waals surface area contributed by atoms with Crippen LogP contribution in [0.5, 0.6) is 11.5 Å². The van der Waals surface area contributed by atoms with Crippen LogP contribution in [0.1, 0.15) is 12.0 Å². The topological polar surface area (TPSA) is 18.5 Å². The van der Waals surface area contributed by atoms with E-state index in [9.17, 15) is 0 Å². The molecule has 2 nitrogen and oxygen atoms in total. The summed E-state index contributed by atoms with van der Waals surface area (Å²) >= 11 is 27.0. The Hall–Kier alpha value is -0.580. The zero-order valence-electron chi connectivity index (χ0n) is 13.1. The van der Waals surface area contributed by atoms with E-state index in [0.29, 0.717) is 28.2 Å². The van der Waals surface area contributed by atoms with Crippen molar-refractivity contribution in [2.24, 2.45) is 0 Å². The Morgan fingerprint density at radius 2 is 1.76 bits per heavy atom. The fourth-order valence-corrected chi connectivity index (χ4v) is 3.25. The lowest BCUT2D eigenvalue weighted by molar-refractivity contribution is 0.310. The first-order valence-corrected chi connectivity index (χ1v) is 9.76. The van der Waals surface area contributed by atoms with Crippen molar-refractivity contribution in [2.75, 3.05) is 13.2 Å². The van der Waals surface area contributed by atoms with Crippen molar-refractivity contribution in [3.8, 4) is 11.5 Å². The van der Waals surface area contributed by atoms with E-state index in [1.165, 1.54) is 11.6 Å². The molecule has 25 heavy (non-hydrogen) atoms. The van der Waals surface area contributed by atoms with Gasteiger partial charge in [-0.1, -0.05) is 74.5 Å². The van der Waals surface area contributed by atoms with Crippen molar-refractivity contribution in [3.63, 3.8) is 0 Å². The Kier molecular flexibility index (Phi) is 8.74. The van der Waals surface area contributed by atoms with E-state index in [1.807, 2.05) is 12.1 Å². The van der Waals surface area contributed by atoms with Gasteiger partial charge in [-0.15, -0.1) is 0 Å². The number of hydrogen-bond donors (Lipinski definition) is 0. The molecule has 2 aromatic carbocycles. The Bertz CT molecular complexity index is 723. The minimum atomic E-state index is 0.141. The number of aryl methyl sites for hydroxylation is 1. The Labute approximate surface area is 175 Å². The average molecular weight is 485 g/mol. The molecule has 7 heteroatoms. The van der Waals surface area contributed by atoms with Gasteiger partial charge >= 0.3 is 0 Å². The molecule has 2 rings (SSSR count). The minimum Gasteiger partial charge on any atom is -0.490 e. The van der Waals surface area contributed by atoms with Gasteiger partial charge in [0.05, 0.1) is 16.7 Å². The lowest BCUT2D eigenvalue weighted by atomic mass is 10.1. The van der Waals surface area contributed by atoms with E-state index in [-0.39, 0.29) is 11.1 Å². The Morgan fingerprint density at radius 3 is 2.40 bits per heavy atom.